The molecular formula is C17H24F3N. The first-order valence-electron chi connectivity index (χ1n) is 8.00. The van der Waals surface area contributed by atoms with Crippen LogP contribution < -0.4 is 5.32 Å². The first kappa shape index (κ1) is 16.3. The van der Waals surface area contributed by atoms with Crippen molar-refractivity contribution in [2.24, 2.45) is 5.92 Å². The highest BCUT2D eigenvalue weighted by atomic mass is 19.2. The molecule has 118 valence electrons. The van der Waals surface area contributed by atoms with Gasteiger partial charge in [-0.3, -0.25) is 0 Å². The van der Waals surface area contributed by atoms with Crippen LogP contribution in [0.2, 0.25) is 0 Å². The van der Waals surface area contributed by atoms with Crippen molar-refractivity contribution in [2.45, 2.75) is 57.9 Å². The van der Waals surface area contributed by atoms with Gasteiger partial charge in [0.15, 0.2) is 17.5 Å². The second kappa shape index (κ2) is 7.83. The largest absolute Gasteiger partial charge is 0.310 e. The normalized spacial score (nSPS) is 17.9. The zero-order chi connectivity index (χ0) is 15.2. The summed E-state index contributed by atoms with van der Waals surface area (Å²) in [6.07, 6.45) is 7.71. The topological polar surface area (TPSA) is 12.0 Å². The third kappa shape index (κ3) is 4.22. The molecular weight excluding hydrogens is 275 g/mol. The number of hydrogen-bond acceptors (Lipinski definition) is 1. The van der Waals surface area contributed by atoms with E-state index in [2.05, 4.69) is 5.32 Å². The van der Waals surface area contributed by atoms with Crippen LogP contribution >= 0.6 is 0 Å². The van der Waals surface area contributed by atoms with E-state index < -0.39 is 17.5 Å². The molecule has 0 amide bonds. The van der Waals surface area contributed by atoms with Gasteiger partial charge in [0, 0.05) is 11.6 Å². The molecule has 21 heavy (non-hydrogen) atoms. The van der Waals surface area contributed by atoms with Crippen LogP contribution in [0.4, 0.5) is 13.2 Å². The number of benzene rings is 1. The average Bonchev–Trinajstić information content (AvgIpc) is 2.51. The van der Waals surface area contributed by atoms with E-state index in [1.807, 2.05) is 6.92 Å². The lowest BCUT2D eigenvalue weighted by Gasteiger charge is -2.28. The zero-order valence-electron chi connectivity index (χ0n) is 12.6. The molecule has 0 aromatic heterocycles. The fourth-order valence-corrected chi connectivity index (χ4v) is 3.20. The maximum Gasteiger partial charge on any atom is 0.194 e. The lowest BCUT2D eigenvalue weighted by Crippen LogP contribution is -2.26. The van der Waals surface area contributed by atoms with Gasteiger partial charge in [-0.1, -0.05) is 45.1 Å². The monoisotopic (exact) mass is 299 g/mol. The molecule has 0 heterocycles. The van der Waals surface area contributed by atoms with Gasteiger partial charge in [0.05, 0.1) is 0 Å². The van der Waals surface area contributed by atoms with Gasteiger partial charge in [-0.15, -0.1) is 0 Å². The van der Waals surface area contributed by atoms with Gasteiger partial charge in [0.2, 0.25) is 0 Å². The van der Waals surface area contributed by atoms with E-state index in [9.17, 15) is 13.2 Å². The first-order valence-corrected chi connectivity index (χ1v) is 8.00. The summed E-state index contributed by atoms with van der Waals surface area (Å²) in [4.78, 5) is 0. The maximum absolute atomic E-state index is 14.0. The third-order valence-corrected chi connectivity index (χ3v) is 4.37. The molecule has 1 saturated carbocycles. The molecule has 4 heteroatoms. The minimum absolute atomic E-state index is 0.233. The molecule has 0 bridgehead atoms. The minimum atomic E-state index is -1.36. The molecule has 1 aromatic rings. The average molecular weight is 299 g/mol. The maximum atomic E-state index is 14.0. The number of nitrogens with one attached hydrogen (secondary N) is 1. The van der Waals surface area contributed by atoms with Crippen molar-refractivity contribution in [3.63, 3.8) is 0 Å². The SMILES string of the molecule is CCCNC(CC1CCCCC1)c1ccc(F)c(F)c1F. The van der Waals surface area contributed by atoms with Gasteiger partial charge < -0.3 is 5.32 Å². The summed E-state index contributed by atoms with van der Waals surface area (Å²) in [7, 11) is 0. The summed E-state index contributed by atoms with van der Waals surface area (Å²) in [5, 5.41) is 3.29. The van der Waals surface area contributed by atoms with Gasteiger partial charge in [0.25, 0.3) is 0 Å². The predicted octanol–water partition coefficient (Wildman–Crippen LogP) is 5.12. The van der Waals surface area contributed by atoms with Crippen molar-refractivity contribution in [1.29, 1.82) is 0 Å². The molecule has 0 radical (unpaired) electrons. The summed E-state index contributed by atoms with van der Waals surface area (Å²) in [6.45, 7) is 2.78. The quantitative estimate of drug-likeness (QED) is 0.719. The summed E-state index contributed by atoms with van der Waals surface area (Å²) in [6, 6.07) is 2.17. The molecule has 1 N–H and O–H groups in total. The van der Waals surface area contributed by atoms with Crippen molar-refractivity contribution >= 4 is 0 Å². The second-order valence-electron chi connectivity index (χ2n) is 6.01. The van der Waals surface area contributed by atoms with E-state index in [1.54, 1.807) is 0 Å². The zero-order valence-corrected chi connectivity index (χ0v) is 12.6. The van der Waals surface area contributed by atoms with Gasteiger partial charge in [-0.2, -0.15) is 0 Å². The van der Waals surface area contributed by atoms with Crippen LogP contribution in [0.15, 0.2) is 12.1 Å². The molecule has 0 aliphatic heterocycles. The Morgan fingerprint density at radius 2 is 1.81 bits per heavy atom. The van der Waals surface area contributed by atoms with Crippen LogP contribution in [0, 0.1) is 23.4 Å². The fraction of sp³-hybridized carbons (Fsp3) is 0.647. The van der Waals surface area contributed by atoms with Gasteiger partial charge in [-0.25, -0.2) is 13.2 Å². The third-order valence-electron chi connectivity index (χ3n) is 4.37. The molecule has 1 atom stereocenters. The Hall–Kier alpha value is -1.03. The van der Waals surface area contributed by atoms with Crippen LogP contribution in [0.3, 0.4) is 0 Å². The summed E-state index contributed by atoms with van der Waals surface area (Å²) in [5.41, 5.74) is 0.257. The smallest absolute Gasteiger partial charge is 0.194 e. The molecule has 1 aliphatic rings. The fourth-order valence-electron chi connectivity index (χ4n) is 3.20. The predicted molar refractivity (Wildman–Crippen MR) is 78.5 cm³/mol. The Bertz CT molecular complexity index is 456. The summed E-state index contributed by atoms with van der Waals surface area (Å²) in [5.74, 6) is -2.98. The minimum Gasteiger partial charge on any atom is -0.310 e. The molecule has 1 unspecified atom stereocenters. The number of hydrogen-bond donors (Lipinski definition) is 1. The van der Waals surface area contributed by atoms with E-state index in [-0.39, 0.29) is 11.6 Å². The van der Waals surface area contributed by atoms with Crippen LogP contribution in [-0.2, 0) is 0 Å². The van der Waals surface area contributed by atoms with Crippen molar-refractivity contribution in [1.82, 2.24) is 5.32 Å². The molecule has 0 saturated heterocycles. The summed E-state index contributed by atoms with van der Waals surface area (Å²) < 4.78 is 40.6. The van der Waals surface area contributed by atoms with Crippen LogP contribution in [0.1, 0.15) is 63.5 Å². The Balaban J connectivity index is 2.16. The highest BCUT2D eigenvalue weighted by Gasteiger charge is 2.24. The Kier molecular flexibility index (Phi) is 6.09. The van der Waals surface area contributed by atoms with E-state index in [4.69, 9.17) is 0 Å². The van der Waals surface area contributed by atoms with Gasteiger partial charge >= 0.3 is 0 Å². The first-order chi connectivity index (χ1) is 10.1. The highest BCUT2D eigenvalue weighted by molar-refractivity contribution is 5.23. The molecule has 2 rings (SSSR count). The lowest BCUT2D eigenvalue weighted by molar-refractivity contribution is 0.295. The van der Waals surface area contributed by atoms with E-state index >= 15 is 0 Å². The van der Waals surface area contributed by atoms with Crippen LogP contribution in [0.5, 0.6) is 0 Å². The number of rotatable bonds is 6. The molecule has 1 fully saturated rings. The molecule has 0 spiro atoms. The lowest BCUT2D eigenvalue weighted by atomic mass is 9.83. The molecule has 1 aromatic carbocycles. The van der Waals surface area contributed by atoms with Crippen LogP contribution in [-0.4, -0.2) is 6.54 Å². The Morgan fingerprint density at radius 1 is 1.10 bits per heavy atom. The Morgan fingerprint density at radius 3 is 2.48 bits per heavy atom. The van der Waals surface area contributed by atoms with Crippen molar-refractivity contribution in [2.75, 3.05) is 6.54 Å². The Labute approximate surface area is 124 Å². The van der Waals surface area contributed by atoms with Crippen molar-refractivity contribution < 1.29 is 13.2 Å². The van der Waals surface area contributed by atoms with Crippen molar-refractivity contribution in [3.05, 3.63) is 35.1 Å². The standard InChI is InChI=1S/C17H24F3N/c1-2-10-21-15(11-12-6-4-3-5-7-12)13-8-9-14(18)17(20)16(13)19/h8-9,12,15,21H,2-7,10-11H2,1H3. The van der Waals surface area contributed by atoms with Crippen molar-refractivity contribution in [3.8, 4) is 0 Å². The van der Waals surface area contributed by atoms with E-state index in [0.717, 1.165) is 38.3 Å². The number of halogens is 3. The van der Waals surface area contributed by atoms with Gasteiger partial charge in [-0.05, 0) is 31.4 Å². The highest BCUT2D eigenvalue weighted by Crippen LogP contribution is 2.33. The molecule has 1 nitrogen and oxygen atoms in total. The van der Waals surface area contributed by atoms with Crippen LogP contribution in [0.25, 0.3) is 0 Å². The van der Waals surface area contributed by atoms with E-state index in [0.29, 0.717) is 5.92 Å². The van der Waals surface area contributed by atoms with Gasteiger partial charge in [0.1, 0.15) is 0 Å². The second-order valence-corrected chi connectivity index (χ2v) is 6.01. The van der Waals surface area contributed by atoms with E-state index in [1.165, 1.54) is 25.3 Å². The summed E-state index contributed by atoms with van der Waals surface area (Å²) >= 11 is 0. The molecule has 1 aliphatic carbocycles.